The molecule has 0 fully saturated rings. The van der Waals surface area contributed by atoms with Gasteiger partial charge in [0.25, 0.3) is 0 Å². The highest BCUT2D eigenvalue weighted by molar-refractivity contribution is 6.11. The van der Waals surface area contributed by atoms with Crippen molar-refractivity contribution in [1.82, 2.24) is 4.57 Å². The quantitative estimate of drug-likeness (QED) is 0.205. The predicted molar refractivity (Wildman–Crippen MR) is 191 cm³/mol. The Labute approximate surface area is 266 Å². The highest BCUT2D eigenvalue weighted by Crippen LogP contribution is 2.45. The molecular formula is C43H28N2O. The normalized spacial score (nSPS) is 12.7. The number of hydrogen-bond acceptors (Lipinski definition) is 2. The molecule has 0 amide bonds. The molecule has 2 aromatic heterocycles. The van der Waals surface area contributed by atoms with Crippen LogP contribution in [0.1, 0.15) is 11.1 Å². The van der Waals surface area contributed by atoms with Crippen molar-refractivity contribution >= 4 is 60.8 Å². The summed E-state index contributed by atoms with van der Waals surface area (Å²) in [5.74, 6) is 0. The van der Waals surface area contributed by atoms with Gasteiger partial charge in [-0.2, -0.15) is 0 Å². The van der Waals surface area contributed by atoms with E-state index in [1.807, 2.05) is 0 Å². The molecule has 1 aliphatic rings. The SMILES string of the molecule is c1ccc(N2c3ccccc3Cc3cc(-c4ccc5oc6ccc(-n7c8ccccc8c8ccccc87)cc6c5c4)ccc32)cc1. The zero-order valence-electron chi connectivity index (χ0n) is 25.0. The second-order valence-electron chi connectivity index (χ2n) is 12.2. The summed E-state index contributed by atoms with van der Waals surface area (Å²) in [6.45, 7) is 0. The summed E-state index contributed by atoms with van der Waals surface area (Å²) in [6.07, 6.45) is 0.904. The first kappa shape index (κ1) is 25.3. The summed E-state index contributed by atoms with van der Waals surface area (Å²) >= 11 is 0. The molecule has 9 aromatic rings. The summed E-state index contributed by atoms with van der Waals surface area (Å²) in [5.41, 5.74) is 14.1. The minimum Gasteiger partial charge on any atom is -0.456 e. The third-order valence-corrected chi connectivity index (χ3v) is 9.57. The average Bonchev–Trinajstić information content (AvgIpc) is 3.65. The van der Waals surface area contributed by atoms with E-state index in [4.69, 9.17) is 4.42 Å². The number of rotatable bonds is 3. The summed E-state index contributed by atoms with van der Waals surface area (Å²) in [6, 6.07) is 56.8. The molecule has 3 heterocycles. The molecule has 0 bridgehead atoms. The summed E-state index contributed by atoms with van der Waals surface area (Å²) in [4.78, 5) is 2.39. The fourth-order valence-corrected chi connectivity index (χ4v) is 7.48. The molecule has 0 saturated heterocycles. The standard InChI is InChI=1S/C43H28N2O/c1-2-11-32(12-3-1)44-38-15-7-4-10-30(38)25-31-24-28(18-21-39(31)44)29-19-22-42-36(26-29)37-27-33(20-23-43(37)46-42)45-40-16-8-5-13-34(40)35-14-6-9-17-41(35)45/h1-24,26-27H,25H2. The van der Waals surface area contributed by atoms with Crippen molar-refractivity contribution in [2.24, 2.45) is 0 Å². The molecule has 0 atom stereocenters. The maximum absolute atomic E-state index is 6.37. The van der Waals surface area contributed by atoms with E-state index < -0.39 is 0 Å². The first-order chi connectivity index (χ1) is 22.8. The molecule has 0 N–H and O–H groups in total. The Balaban J connectivity index is 1.11. The molecule has 3 heteroatoms. The number of fused-ring (bicyclic) bond motifs is 8. The van der Waals surface area contributed by atoms with Crippen molar-refractivity contribution in [1.29, 1.82) is 0 Å². The van der Waals surface area contributed by atoms with Crippen LogP contribution < -0.4 is 4.90 Å². The molecular weight excluding hydrogens is 560 g/mol. The van der Waals surface area contributed by atoms with Crippen LogP contribution >= 0.6 is 0 Å². The van der Waals surface area contributed by atoms with E-state index >= 15 is 0 Å². The van der Waals surface area contributed by atoms with Gasteiger partial charge in [0.2, 0.25) is 0 Å². The first-order valence-corrected chi connectivity index (χ1v) is 15.8. The topological polar surface area (TPSA) is 21.3 Å². The van der Waals surface area contributed by atoms with Crippen molar-refractivity contribution in [3.05, 3.63) is 169 Å². The molecule has 0 saturated carbocycles. The summed E-state index contributed by atoms with van der Waals surface area (Å²) in [7, 11) is 0. The fourth-order valence-electron chi connectivity index (χ4n) is 7.48. The summed E-state index contributed by atoms with van der Waals surface area (Å²) in [5, 5.41) is 4.78. The van der Waals surface area contributed by atoms with E-state index in [1.54, 1.807) is 0 Å². The van der Waals surface area contributed by atoms with Gasteiger partial charge in [-0.1, -0.05) is 84.9 Å². The Hall–Kier alpha value is -6.06. The van der Waals surface area contributed by atoms with Gasteiger partial charge in [0.15, 0.2) is 0 Å². The Morgan fingerprint density at radius 2 is 1.02 bits per heavy atom. The molecule has 0 spiro atoms. The first-order valence-electron chi connectivity index (χ1n) is 15.8. The third kappa shape index (κ3) is 3.72. The van der Waals surface area contributed by atoms with Gasteiger partial charge >= 0.3 is 0 Å². The Bertz CT molecular complexity index is 2570. The van der Waals surface area contributed by atoms with Gasteiger partial charge in [-0.3, -0.25) is 0 Å². The molecule has 0 radical (unpaired) electrons. The second kappa shape index (κ2) is 9.72. The van der Waals surface area contributed by atoms with E-state index in [2.05, 4.69) is 167 Å². The van der Waals surface area contributed by atoms with Crippen LogP contribution in [0.4, 0.5) is 17.1 Å². The number of benzene rings is 7. The molecule has 0 unspecified atom stereocenters. The third-order valence-electron chi connectivity index (χ3n) is 9.57. The lowest BCUT2D eigenvalue weighted by Gasteiger charge is -2.33. The Morgan fingerprint density at radius 3 is 1.83 bits per heavy atom. The predicted octanol–water partition coefficient (Wildman–Crippen LogP) is 11.7. The van der Waals surface area contributed by atoms with Crippen LogP contribution in [0.5, 0.6) is 0 Å². The number of hydrogen-bond donors (Lipinski definition) is 0. The van der Waals surface area contributed by atoms with Crippen molar-refractivity contribution in [3.63, 3.8) is 0 Å². The lowest BCUT2D eigenvalue weighted by atomic mass is 9.92. The summed E-state index contributed by atoms with van der Waals surface area (Å²) < 4.78 is 8.74. The molecule has 0 aliphatic carbocycles. The van der Waals surface area contributed by atoms with E-state index in [9.17, 15) is 0 Å². The lowest BCUT2D eigenvalue weighted by Crippen LogP contribution is -2.18. The van der Waals surface area contributed by atoms with Crippen LogP contribution in [0.2, 0.25) is 0 Å². The van der Waals surface area contributed by atoms with Crippen LogP contribution in [0.15, 0.2) is 162 Å². The van der Waals surface area contributed by atoms with Gasteiger partial charge in [0.1, 0.15) is 11.2 Å². The van der Waals surface area contributed by atoms with Crippen LogP contribution in [0, 0.1) is 0 Å². The van der Waals surface area contributed by atoms with Gasteiger partial charge in [-0.15, -0.1) is 0 Å². The van der Waals surface area contributed by atoms with Crippen LogP contribution in [-0.4, -0.2) is 4.57 Å². The van der Waals surface area contributed by atoms with Gasteiger partial charge in [0.05, 0.1) is 11.0 Å². The number of para-hydroxylation sites is 4. The zero-order valence-corrected chi connectivity index (χ0v) is 25.0. The Morgan fingerprint density at radius 1 is 0.413 bits per heavy atom. The maximum atomic E-state index is 6.37. The van der Waals surface area contributed by atoms with E-state index in [-0.39, 0.29) is 0 Å². The maximum Gasteiger partial charge on any atom is 0.135 e. The number of nitrogens with zero attached hydrogens (tertiary/aromatic N) is 2. The van der Waals surface area contributed by atoms with Gasteiger partial charge in [-0.25, -0.2) is 0 Å². The van der Waals surface area contributed by atoms with Gasteiger partial charge < -0.3 is 13.9 Å². The van der Waals surface area contributed by atoms with E-state index in [0.717, 1.165) is 34.0 Å². The Kier molecular flexibility index (Phi) is 5.34. The molecule has 7 aromatic carbocycles. The average molecular weight is 589 g/mol. The van der Waals surface area contributed by atoms with Crippen molar-refractivity contribution < 1.29 is 4.42 Å². The fraction of sp³-hybridized carbons (Fsp3) is 0.0233. The van der Waals surface area contributed by atoms with Crippen molar-refractivity contribution in [2.45, 2.75) is 6.42 Å². The second-order valence-corrected chi connectivity index (χ2v) is 12.2. The highest BCUT2D eigenvalue weighted by Gasteiger charge is 2.24. The van der Waals surface area contributed by atoms with Crippen molar-refractivity contribution in [2.75, 3.05) is 4.90 Å². The number of anilines is 3. The molecule has 3 nitrogen and oxygen atoms in total. The van der Waals surface area contributed by atoms with E-state index in [1.165, 1.54) is 61.1 Å². The van der Waals surface area contributed by atoms with Gasteiger partial charge in [0, 0.05) is 50.7 Å². The highest BCUT2D eigenvalue weighted by atomic mass is 16.3. The van der Waals surface area contributed by atoms with E-state index in [0.29, 0.717) is 0 Å². The largest absolute Gasteiger partial charge is 0.456 e. The number of furan rings is 1. The van der Waals surface area contributed by atoms with Crippen LogP contribution in [0.3, 0.4) is 0 Å². The number of aromatic nitrogens is 1. The molecule has 10 rings (SSSR count). The smallest absolute Gasteiger partial charge is 0.135 e. The lowest BCUT2D eigenvalue weighted by molar-refractivity contribution is 0.669. The molecule has 46 heavy (non-hydrogen) atoms. The van der Waals surface area contributed by atoms with Crippen LogP contribution in [0.25, 0.3) is 60.6 Å². The van der Waals surface area contributed by atoms with Gasteiger partial charge in [-0.05, 0) is 95.1 Å². The minimum absolute atomic E-state index is 0.900. The minimum atomic E-state index is 0.900. The van der Waals surface area contributed by atoms with Crippen LogP contribution in [-0.2, 0) is 6.42 Å². The van der Waals surface area contributed by atoms with Crippen molar-refractivity contribution in [3.8, 4) is 16.8 Å². The molecule has 1 aliphatic heterocycles. The molecule has 216 valence electrons. The monoisotopic (exact) mass is 588 g/mol. The zero-order chi connectivity index (χ0) is 30.2.